The van der Waals surface area contributed by atoms with Gasteiger partial charge in [0.15, 0.2) is 5.78 Å². The van der Waals surface area contributed by atoms with Gasteiger partial charge in [-0.15, -0.1) is 5.92 Å². The van der Waals surface area contributed by atoms with Gasteiger partial charge >= 0.3 is 11.9 Å². The molecular formula is C11H10O5. The maximum Gasteiger partial charge on any atom is 0.331 e. The van der Waals surface area contributed by atoms with Crippen LogP contribution in [0.25, 0.3) is 0 Å². The molecule has 1 aliphatic heterocycles. The average molecular weight is 222 g/mol. The number of hydrogen-bond acceptors (Lipinski definition) is 5. The van der Waals surface area contributed by atoms with Gasteiger partial charge in [-0.3, -0.25) is 14.4 Å². The monoisotopic (exact) mass is 222 g/mol. The van der Waals surface area contributed by atoms with Crippen LogP contribution >= 0.6 is 0 Å². The molecule has 5 nitrogen and oxygen atoms in total. The summed E-state index contributed by atoms with van der Waals surface area (Å²) in [4.78, 5) is 34.7. The minimum absolute atomic E-state index is 0.388. The lowest BCUT2D eigenvalue weighted by Gasteiger charge is -2.33. The van der Waals surface area contributed by atoms with Gasteiger partial charge in [0, 0.05) is 20.3 Å². The van der Waals surface area contributed by atoms with E-state index in [1.54, 1.807) is 0 Å². The van der Waals surface area contributed by atoms with Gasteiger partial charge in [0.1, 0.15) is 0 Å². The predicted octanol–water partition coefficient (Wildman–Crippen LogP) is 0.0311. The number of ether oxygens (including phenoxy) is 2. The first-order valence-electron chi connectivity index (χ1n) is 4.88. The van der Waals surface area contributed by atoms with E-state index in [-0.39, 0.29) is 0 Å². The fraction of sp³-hybridized carbons (Fsp3) is 0.545. The van der Waals surface area contributed by atoms with Crippen molar-refractivity contribution in [3.63, 3.8) is 0 Å². The van der Waals surface area contributed by atoms with Crippen molar-refractivity contribution in [3.05, 3.63) is 0 Å². The number of Topliss-reactive ketones (excluding diaryl/α,β-unsaturated/α-hetero) is 1. The molecule has 84 valence electrons. The third-order valence-electron chi connectivity index (χ3n) is 2.37. The molecule has 0 spiro atoms. The van der Waals surface area contributed by atoms with E-state index in [0.29, 0.717) is 6.42 Å². The number of cyclic esters (lactones) is 2. The molecule has 2 rings (SSSR count). The fourth-order valence-electron chi connectivity index (χ4n) is 1.53. The molecule has 2 aliphatic rings. The number of ketones is 1. The Kier molecular flexibility index (Phi) is 2.23. The highest BCUT2D eigenvalue weighted by atomic mass is 16.7. The van der Waals surface area contributed by atoms with Gasteiger partial charge in [-0.1, -0.05) is 5.92 Å². The van der Waals surface area contributed by atoms with Crippen LogP contribution in [-0.4, -0.2) is 23.5 Å². The van der Waals surface area contributed by atoms with Crippen LogP contribution in [0.2, 0.25) is 0 Å². The van der Waals surface area contributed by atoms with E-state index in [2.05, 4.69) is 11.8 Å². The molecule has 0 bridgehead atoms. The number of esters is 2. The number of carbonyl (C=O) groups excluding carboxylic acids is 3. The van der Waals surface area contributed by atoms with Gasteiger partial charge < -0.3 is 9.47 Å². The van der Waals surface area contributed by atoms with Crippen molar-refractivity contribution in [2.24, 2.45) is 11.8 Å². The first kappa shape index (κ1) is 10.7. The van der Waals surface area contributed by atoms with Crippen molar-refractivity contribution in [3.8, 4) is 11.8 Å². The molecule has 1 fully saturated rings. The van der Waals surface area contributed by atoms with E-state index >= 15 is 0 Å². The molecule has 1 atom stereocenters. The van der Waals surface area contributed by atoms with Crippen molar-refractivity contribution < 1.29 is 23.9 Å². The second-order valence-electron chi connectivity index (χ2n) is 4.16. The lowest BCUT2D eigenvalue weighted by molar-refractivity contribution is -0.238. The lowest BCUT2D eigenvalue weighted by atomic mass is 9.86. The molecule has 0 saturated carbocycles. The highest BCUT2D eigenvalue weighted by Gasteiger charge is 2.49. The zero-order valence-corrected chi connectivity index (χ0v) is 8.90. The number of rotatable bonds is 2. The van der Waals surface area contributed by atoms with Crippen LogP contribution in [0.5, 0.6) is 0 Å². The number of carbonyl (C=O) groups is 3. The Labute approximate surface area is 92.1 Å². The Hall–Kier alpha value is -1.83. The van der Waals surface area contributed by atoms with Gasteiger partial charge in [-0.2, -0.15) is 0 Å². The van der Waals surface area contributed by atoms with Crippen LogP contribution < -0.4 is 0 Å². The van der Waals surface area contributed by atoms with Crippen molar-refractivity contribution in [1.29, 1.82) is 0 Å². The van der Waals surface area contributed by atoms with Crippen molar-refractivity contribution in [1.82, 2.24) is 0 Å². The van der Waals surface area contributed by atoms with E-state index in [1.807, 2.05) is 0 Å². The molecule has 0 radical (unpaired) electrons. The molecule has 0 N–H and O–H groups in total. The number of hydrogen-bond donors (Lipinski definition) is 0. The predicted molar refractivity (Wildman–Crippen MR) is 50.6 cm³/mol. The molecule has 1 saturated heterocycles. The summed E-state index contributed by atoms with van der Waals surface area (Å²) in [6, 6.07) is 0. The Bertz CT molecular complexity index is 417. The maximum absolute atomic E-state index is 11.7. The molecule has 0 aromatic carbocycles. The summed E-state index contributed by atoms with van der Waals surface area (Å²) in [5, 5.41) is 0. The topological polar surface area (TPSA) is 69.7 Å². The molecular weight excluding hydrogens is 212 g/mol. The average Bonchev–Trinajstić information content (AvgIpc) is 1.94. The van der Waals surface area contributed by atoms with Crippen LogP contribution in [0, 0.1) is 23.7 Å². The lowest BCUT2D eigenvalue weighted by Crippen LogP contribution is -2.50. The highest BCUT2D eigenvalue weighted by Crippen LogP contribution is 2.27. The maximum atomic E-state index is 11.7. The largest absolute Gasteiger partial charge is 0.422 e. The minimum Gasteiger partial charge on any atom is -0.422 e. The first-order chi connectivity index (χ1) is 7.41. The second-order valence-corrected chi connectivity index (χ2v) is 4.16. The van der Waals surface area contributed by atoms with E-state index in [0.717, 1.165) is 0 Å². The van der Waals surface area contributed by atoms with E-state index in [9.17, 15) is 14.4 Å². The highest BCUT2D eigenvalue weighted by molar-refractivity contribution is 6.17. The van der Waals surface area contributed by atoms with Gasteiger partial charge in [0.2, 0.25) is 5.92 Å². The van der Waals surface area contributed by atoms with Crippen LogP contribution in [0.3, 0.4) is 0 Å². The Balaban J connectivity index is 2.17. The smallest absolute Gasteiger partial charge is 0.331 e. The van der Waals surface area contributed by atoms with Gasteiger partial charge in [-0.05, 0) is 0 Å². The minimum atomic E-state index is -1.47. The van der Waals surface area contributed by atoms with Gasteiger partial charge in [0.05, 0.1) is 5.92 Å². The fourth-order valence-corrected chi connectivity index (χ4v) is 1.53. The molecule has 5 heteroatoms. The normalized spacial score (nSPS) is 27.0. The van der Waals surface area contributed by atoms with Gasteiger partial charge in [-0.25, -0.2) is 0 Å². The van der Waals surface area contributed by atoms with Crippen LogP contribution in [-0.2, 0) is 23.9 Å². The van der Waals surface area contributed by atoms with Crippen molar-refractivity contribution in [2.75, 3.05) is 0 Å². The summed E-state index contributed by atoms with van der Waals surface area (Å²) >= 11 is 0. The van der Waals surface area contributed by atoms with Crippen LogP contribution in [0.4, 0.5) is 0 Å². The summed E-state index contributed by atoms with van der Waals surface area (Å²) < 4.78 is 9.69. The zero-order chi connectivity index (χ0) is 11.9. The quantitative estimate of drug-likeness (QED) is 0.374. The van der Waals surface area contributed by atoms with Crippen molar-refractivity contribution >= 4 is 17.7 Å². The van der Waals surface area contributed by atoms with Crippen molar-refractivity contribution in [2.45, 2.75) is 26.1 Å². The standard InChI is InChI=1S/C11H10O5/c1-11(2)15-9(13)7(10(14)16-11)8(12)6-4-3-5-6/h6-7H,4H2,1-2H3. The molecule has 1 unspecified atom stereocenters. The SMILES string of the molecule is CC1(C)OC(=O)C(C(=O)C2C#CC2)C(=O)O1. The molecule has 16 heavy (non-hydrogen) atoms. The molecule has 1 heterocycles. The third kappa shape index (κ3) is 1.67. The van der Waals surface area contributed by atoms with E-state index in [4.69, 9.17) is 9.47 Å². The van der Waals surface area contributed by atoms with E-state index in [1.165, 1.54) is 13.8 Å². The Morgan fingerprint density at radius 2 is 1.81 bits per heavy atom. The summed E-state index contributed by atoms with van der Waals surface area (Å²) in [5.74, 6) is -0.273. The first-order valence-corrected chi connectivity index (χ1v) is 4.88. The molecule has 0 amide bonds. The zero-order valence-electron chi connectivity index (χ0n) is 8.90. The van der Waals surface area contributed by atoms with E-state index < -0.39 is 35.3 Å². The third-order valence-corrected chi connectivity index (χ3v) is 2.37. The summed E-state index contributed by atoms with van der Waals surface area (Å²) in [6.45, 7) is 2.87. The Morgan fingerprint density at radius 3 is 2.19 bits per heavy atom. The van der Waals surface area contributed by atoms with Gasteiger partial charge in [0.25, 0.3) is 5.79 Å². The molecule has 1 aliphatic carbocycles. The molecule has 0 aromatic heterocycles. The summed E-state index contributed by atoms with van der Waals surface area (Å²) in [5.41, 5.74) is 0. The Morgan fingerprint density at radius 1 is 1.31 bits per heavy atom. The molecule has 0 aromatic rings. The second kappa shape index (κ2) is 3.34. The van der Waals surface area contributed by atoms with Crippen LogP contribution in [0.15, 0.2) is 0 Å². The van der Waals surface area contributed by atoms with Crippen LogP contribution in [0.1, 0.15) is 20.3 Å². The summed E-state index contributed by atoms with van der Waals surface area (Å²) in [7, 11) is 0. The summed E-state index contributed by atoms with van der Waals surface area (Å²) in [6.07, 6.45) is 0.388.